The molecule has 0 aliphatic carbocycles. The summed E-state index contributed by atoms with van der Waals surface area (Å²) < 4.78 is 0. The van der Waals surface area contributed by atoms with Crippen LogP contribution < -0.4 is 5.32 Å². The Morgan fingerprint density at radius 3 is 2.43 bits per heavy atom. The first kappa shape index (κ1) is 21.6. The third-order valence-corrected chi connectivity index (χ3v) is 5.50. The molecule has 1 N–H and O–H groups in total. The van der Waals surface area contributed by atoms with E-state index in [1.807, 2.05) is 31.2 Å². The maximum Gasteiger partial charge on any atom is 0.267 e. The van der Waals surface area contributed by atoms with Crippen LogP contribution in [0.3, 0.4) is 0 Å². The van der Waals surface area contributed by atoms with Gasteiger partial charge in [0.2, 0.25) is 0 Å². The molecule has 1 saturated heterocycles. The van der Waals surface area contributed by atoms with Crippen LogP contribution in [0.15, 0.2) is 60.3 Å². The summed E-state index contributed by atoms with van der Waals surface area (Å²) in [4.78, 5) is 17.3. The highest BCUT2D eigenvalue weighted by Crippen LogP contribution is 2.27. The van der Waals surface area contributed by atoms with Gasteiger partial charge in [0.05, 0.1) is 0 Å². The van der Waals surface area contributed by atoms with Gasteiger partial charge >= 0.3 is 0 Å². The zero-order valence-electron chi connectivity index (χ0n) is 18.1. The number of nitrogens with one attached hydrogen (secondary N) is 1. The van der Waals surface area contributed by atoms with Crippen LogP contribution in [0.4, 0.5) is 5.69 Å². The van der Waals surface area contributed by atoms with E-state index in [0.717, 1.165) is 49.5 Å². The second-order valence-corrected chi connectivity index (χ2v) is 8.10. The van der Waals surface area contributed by atoms with Crippen LogP contribution in [0.1, 0.15) is 36.5 Å². The molecular weight excluding hydrogens is 372 g/mol. The number of amides is 1. The normalized spacial score (nSPS) is 15.2. The molecule has 1 amide bonds. The lowest BCUT2D eigenvalue weighted by Crippen LogP contribution is -2.43. The first-order valence-corrected chi connectivity index (χ1v) is 10.5. The fourth-order valence-corrected chi connectivity index (χ4v) is 3.74. The summed E-state index contributed by atoms with van der Waals surface area (Å²) in [7, 11) is 0. The van der Waals surface area contributed by atoms with Gasteiger partial charge in [0, 0.05) is 44.6 Å². The van der Waals surface area contributed by atoms with E-state index in [9.17, 15) is 10.1 Å². The van der Waals surface area contributed by atoms with Crippen LogP contribution in [0.5, 0.6) is 0 Å². The zero-order valence-corrected chi connectivity index (χ0v) is 18.1. The highest BCUT2D eigenvalue weighted by Gasteiger charge is 2.19. The minimum atomic E-state index is -0.347. The predicted octanol–water partition coefficient (Wildman–Crippen LogP) is 4.28. The molecule has 156 valence electrons. The van der Waals surface area contributed by atoms with E-state index in [4.69, 9.17) is 0 Å². The summed E-state index contributed by atoms with van der Waals surface area (Å²) in [6.07, 6.45) is 1.71. The molecule has 0 atom stereocenters. The van der Waals surface area contributed by atoms with Crippen molar-refractivity contribution in [1.82, 2.24) is 9.80 Å². The SMILES string of the molecule is Cc1cccc(C(C)C)c1NC(=O)/C(C#N)=C\N1CCN(Cc2ccccc2)CC1. The monoisotopic (exact) mass is 402 g/mol. The van der Waals surface area contributed by atoms with Crippen LogP contribution >= 0.6 is 0 Å². The Balaban J connectivity index is 1.63. The summed E-state index contributed by atoms with van der Waals surface area (Å²) >= 11 is 0. The molecule has 0 bridgehead atoms. The van der Waals surface area contributed by atoms with Gasteiger partial charge in [-0.3, -0.25) is 9.69 Å². The van der Waals surface area contributed by atoms with Gasteiger partial charge < -0.3 is 10.2 Å². The molecule has 30 heavy (non-hydrogen) atoms. The number of piperazine rings is 1. The molecule has 0 aromatic heterocycles. The van der Waals surface area contributed by atoms with Gasteiger partial charge in [0.25, 0.3) is 5.91 Å². The smallest absolute Gasteiger partial charge is 0.267 e. The van der Waals surface area contributed by atoms with Crippen molar-refractivity contribution < 1.29 is 4.79 Å². The topological polar surface area (TPSA) is 59.4 Å². The van der Waals surface area contributed by atoms with E-state index >= 15 is 0 Å². The molecular formula is C25H30N4O. The zero-order chi connectivity index (χ0) is 21.5. The van der Waals surface area contributed by atoms with Crippen LogP contribution in [-0.2, 0) is 11.3 Å². The van der Waals surface area contributed by atoms with Crippen molar-refractivity contribution in [1.29, 1.82) is 5.26 Å². The minimum absolute atomic E-state index is 0.143. The Morgan fingerprint density at radius 2 is 1.80 bits per heavy atom. The second-order valence-electron chi connectivity index (χ2n) is 8.10. The molecule has 1 aliphatic heterocycles. The molecule has 1 heterocycles. The van der Waals surface area contributed by atoms with E-state index in [0.29, 0.717) is 0 Å². The third-order valence-electron chi connectivity index (χ3n) is 5.50. The van der Waals surface area contributed by atoms with Crippen molar-refractivity contribution in [3.63, 3.8) is 0 Å². The summed E-state index contributed by atoms with van der Waals surface area (Å²) in [5.74, 6) is -0.0622. The number of anilines is 1. The van der Waals surface area contributed by atoms with E-state index in [1.165, 1.54) is 5.56 Å². The van der Waals surface area contributed by atoms with Crippen molar-refractivity contribution in [2.75, 3.05) is 31.5 Å². The Bertz CT molecular complexity index is 935. The van der Waals surface area contributed by atoms with Crippen molar-refractivity contribution in [3.8, 4) is 6.07 Å². The maximum absolute atomic E-state index is 12.8. The number of hydrogen-bond donors (Lipinski definition) is 1. The lowest BCUT2D eigenvalue weighted by molar-refractivity contribution is -0.112. The fourth-order valence-electron chi connectivity index (χ4n) is 3.74. The van der Waals surface area contributed by atoms with Gasteiger partial charge in [0.1, 0.15) is 11.6 Å². The van der Waals surface area contributed by atoms with Gasteiger partial charge in [-0.05, 0) is 29.5 Å². The van der Waals surface area contributed by atoms with Crippen LogP contribution in [-0.4, -0.2) is 41.9 Å². The first-order valence-electron chi connectivity index (χ1n) is 10.5. The van der Waals surface area contributed by atoms with E-state index in [-0.39, 0.29) is 17.4 Å². The molecule has 5 heteroatoms. The van der Waals surface area contributed by atoms with Crippen molar-refractivity contribution >= 4 is 11.6 Å². The second kappa shape index (κ2) is 10.1. The largest absolute Gasteiger partial charge is 0.374 e. The van der Waals surface area contributed by atoms with E-state index in [1.54, 1.807) is 6.20 Å². The number of carbonyl (C=O) groups is 1. The first-order chi connectivity index (χ1) is 14.5. The molecule has 5 nitrogen and oxygen atoms in total. The molecule has 0 spiro atoms. The van der Waals surface area contributed by atoms with Crippen molar-refractivity contribution in [2.24, 2.45) is 0 Å². The van der Waals surface area contributed by atoms with E-state index in [2.05, 4.69) is 59.3 Å². The van der Waals surface area contributed by atoms with Gasteiger partial charge in [0.15, 0.2) is 0 Å². The number of benzene rings is 2. The Hall–Kier alpha value is -3.10. The van der Waals surface area contributed by atoms with Crippen LogP contribution in [0.2, 0.25) is 0 Å². The molecule has 3 rings (SSSR count). The third kappa shape index (κ3) is 5.49. The average molecular weight is 403 g/mol. The number of nitriles is 1. The lowest BCUT2D eigenvalue weighted by Gasteiger charge is -2.34. The summed E-state index contributed by atoms with van der Waals surface area (Å²) in [5, 5.41) is 12.6. The highest BCUT2D eigenvalue weighted by molar-refractivity contribution is 6.07. The molecule has 0 unspecified atom stereocenters. The Kier molecular flexibility index (Phi) is 7.26. The average Bonchev–Trinajstić information content (AvgIpc) is 2.75. The summed E-state index contributed by atoms with van der Waals surface area (Å²) in [6, 6.07) is 18.5. The molecule has 1 aliphatic rings. The Labute approximate surface area is 179 Å². The number of nitrogens with zero attached hydrogens (tertiary/aromatic N) is 3. The highest BCUT2D eigenvalue weighted by atomic mass is 16.1. The van der Waals surface area contributed by atoms with Crippen molar-refractivity contribution in [2.45, 2.75) is 33.2 Å². The molecule has 1 fully saturated rings. The Morgan fingerprint density at radius 1 is 1.10 bits per heavy atom. The number of para-hydroxylation sites is 1. The van der Waals surface area contributed by atoms with Gasteiger partial charge in [-0.2, -0.15) is 5.26 Å². The number of carbonyl (C=O) groups excluding carboxylic acids is 1. The van der Waals surface area contributed by atoms with E-state index < -0.39 is 0 Å². The summed E-state index contributed by atoms with van der Waals surface area (Å²) in [6.45, 7) is 10.5. The molecule has 2 aromatic carbocycles. The standard InChI is InChI=1S/C25H30N4O/c1-19(2)23-11-7-8-20(3)24(23)27-25(30)22(16-26)18-29-14-12-28(13-15-29)17-21-9-5-4-6-10-21/h4-11,18-19H,12-15,17H2,1-3H3,(H,27,30)/b22-18-. The number of hydrogen-bond acceptors (Lipinski definition) is 4. The molecule has 0 radical (unpaired) electrons. The molecule has 0 saturated carbocycles. The fraction of sp³-hybridized carbons (Fsp3) is 0.360. The van der Waals surface area contributed by atoms with Crippen LogP contribution in [0, 0.1) is 18.3 Å². The summed E-state index contributed by atoms with van der Waals surface area (Å²) in [5.41, 5.74) is 4.34. The maximum atomic E-state index is 12.8. The van der Waals surface area contributed by atoms with Crippen LogP contribution in [0.25, 0.3) is 0 Å². The van der Waals surface area contributed by atoms with Crippen molar-refractivity contribution in [3.05, 3.63) is 77.0 Å². The lowest BCUT2D eigenvalue weighted by atomic mass is 9.98. The number of rotatable bonds is 6. The quantitative estimate of drug-likeness (QED) is 0.579. The van der Waals surface area contributed by atoms with Gasteiger partial charge in [-0.25, -0.2) is 0 Å². The number of aryl methyl sites for hydroxylation is 1. The van der Waals surface area contributed by atoms with Gasteiger partial charge in [-0.1, -0.05) is 62.4 Å². The predicted molar refractivity (Wildman–Crippen MR) is 121 cm³/mol. The molecule has 2 aromatic rings. The minimum Gasteiger partial charge on any atom is -0.374 e. The van der Waals surface area contributed by atoms with Gasteiger partial charge in [-0.15, -0.1) is 0 Å².